The summed E-state index contributed by atoms with van der Waals surface area (Å²) in [5.41, 5.74) is 5.56. The summed E-state index contributed by atoms with van der Waals surface area (Å²) in [5, 5.41) is 8.58. The molecule has 90 valence electrons. The average molecular weight is 227 g/mol. The van der Waals surface area contributed by atoms with Gasteiger partial charge in [-0.3, -0.25) is 14.5 Å². The van der Waals surface area contributed by atoms with Crippen LogP contribution in [0.25, 0.3) is 0 Å². The zero-order chi connectivity index (χ0) is 11.9. The van der Waals surface area contributed by atoms with E-state index < -0.39 is 12.0 Å². The summed E-state index contributed by atoms with van der Waals surface area (Å²) < 4.78 is 0. The molecule has 3 atom stereocenters. The monoisotopic (exact) mass is 227 g/mol. The van der Waals surface area contributed by atoms with E-state index in [2.05, 4.69) is 11.9 Å². The largest absolute Gasteiger partial charge is 0.481 e. The number of likely N-dealkylation sites (N-methyl/N-ethyl adjacent to an activating group) is 1. The van der Waals surface area contributed by atoms with Crippen LogP contribution in [0.1, 0.15) is 12.8 Å². The number of hydrogen-bond acceptors (Lipinski definition) is 4. The lowest BCUT2D eigenvalue weighted by Crippen LogP contribution is -2.69. The molecule has 0 aliphatic carbocycles. The van der Waals surface area contributed by atoms with Crippen molar-refractivity contribution < 1.29 is 14.7 Å². The van der Waals surface area contributed by atoms with Gasteiger partial charge in [-0.2, -0.15) is 0 Å². The van der Waals surface area contributed by atoms with Gasteiger partial charge in [0, 0.05) is 25.2 Å². The van der Waals surface area contributed by atoms with Gasteiger partial charge in [0.25, 0.3) is 0 Å². The Hall–Kier alpha value is -1.14. The Bertz CT molecular complexity index is 308. The fourth-order valence-electron chi connectivity index (χ4n) is 2.49. The maximum absolute atomic E-state index is 11.8. The van der Waals surface area contributed by atoms with Gasteiger partial charge < -0.3 is 15.7 Å². The zero-order valence-corrected chi connectivity index (χ0v) is 9.30. The summed E-state index contributed by atoms with van der Waals surface area (Å²) in [4.78, 5) is 26.2. The van der Waals surface area contributed by atoms with Crippen LogP contribution in [0.5, 0.6) is 0 Å². The van der Waals surface area contributed by atoms with Gasteiger partial charge in [0.1, 0.15) is 0 Å². The summed E-state index contributed by atoms with van der Waals surface area (Å²) in [7, 11) is 2.05. The summed E-state index contributed by atoms with van der Waals surface area (Å²) in [6, 6.07) is -0.0419. The zero-order valence-electron chi connectivity index (χ0n) is 9.30. The normalized spacial score (nSPS) is 30.8. The SMILES string of the molecule is CN1C2CC1CN(C(=O)C(N)CC(=O)O)C2. The molecule has 0 aromatic carbocycles. The van der Waals surface area contributed by atoms with Crippen LogP contribution in [0.3, 0.4) is 0 Å². The second kappa shape index (κ2) is 4.03. The maximum atomic E-state index is 11.8. The van der Waals surface area contributed by atoms with Crippen molar-refractivity contribution in [2.45, 2.75) is 31.0 Å². The average Bonchev–Trinajstić information content (AvgIpc) is 2.26. The number of hydrogen-bond donors (Lipinski definition) is 2. The van der Waals surface area contributed by atoms with Crippen molar-refractivity contribution in [3.63, 3.8) is 0 Å². The van der Waals surface area contributed by atoms with Gasteiger partial charge in [-0.25, -0.2) is 0 Å². The van der Waals surface area contributed by atoms with Gasteiger partial charge in [0.05, 0.1) is 12.5 Å². The minimum Gasteiger partial charge on any atom is -0.481 e. The number of amides is 1. The van der Waals surface area contributed by atoms with Crippen LogP contribution < -0.4 is 5.73 Å². The van der Waals surface area contributed by atoms with E-state index in [0.29, 0.717) is 25.2 Å². The Labute approximate surface area is 94.0 Å². The standard InChI is InChI=1S/C10H17N3O3/c1-12-6-2-7(12)5-13(4-6)10(16)8(11)3-9(14)15/h6-8H,2-5,11H2,1H3,(H,14,15). The molecule has 3 saturated heterocycles. The predicted octanol–water partition coefficient (Wildman–Crippen LogP) is -1.30. The molecule has 16 heavy (non-hydrogen) atoms. The molecule has 3 rings (SSSR count). The van der Waals surface area contributed by atoms with Gasteiger partial charge in [-0.15, -0.1) is 0 Å². The fourth-order valence-corrected chi connectivity index (χ4v) is 2.49. The number of piperidine rings is 1. The highest BCUT2D eigenvalue weighted by molar-refractivity contribution is 5.86. The molecular weight excluding hydrogens is 210 g/mol. The van der Waals surface area contributed by atoms with Crippen molar-refractivity contribution in [1.29, 1.82) is 0 Å². The van der Waals surface area contributed by atoms with Crippen molar-refractivity contribution in [3.8, 4) is 0 Å². The van der Waals surface area contributed by atoms with Gasteiger partial charge in [0.15, 0.2) is 0 Å². The van der Waals surface area contributed by atoms with Gasteiger partial charge in [0.2, 0.25) is 5.91 Å². The summed E-state index contributed by atoms with van der Waals surface area (Å²) in [5.74, 6) is -1.26. The van der Waals surface area contributed by atoms with Crippen LogP contribution in [0, 0.1) is 0 Å². The van der Waals surface area contributed by atoms with E-state index in [9.17, 15) is 9.59 Å². The van der Waals surface area contributed by atoms with Crippen molar-refractivity contribution in [3.05, 3.63) is 0 Å². The van der Waals surface area contributed by atoms with Gasteiger partial charge >= 0.3 is 5.97 Å². The van der Waals surface area contributed by atoms with Gasteiger partial charge in [-0.1, -0.05) is 0 Å². The van der Waals surface area contributed by atoms with E-state index in [4.69, 9.17) is 10.8 Å². The third-order valence-electron chi connectivity index (χ3n) is 3.58. The number of carboxylic acid groups (broad SMARTS) is 1. The van der Waals surface area contributed by atoms with Crippen LogP contribution in [0.2, 0.25) is 0 Å². The molecule has 0 spiro atoms. The topological polar surface area (TPSA) is 86.9 Å². The second-order valence-corrected chi connectivity index (χ2v) is 4.66. The molecule has 6 nitrogen and oxygen atoms in total. The first-order valence-corrected chi connectivity index (χ1v) is 5.47. The number of nitrogens with zero attached hydrogens (tertiary/aromatic N) is 2. The van der Waals surface area contributed by atoms with Crippen molar-refractivity contribution in [1.82, 2.24) is 9.80 Å². The number of carbonyl (C=O) groups excluding carboxylic acids is 1. The lowest BCUT2D eigenvalue weighted by molar-refractivity contribution is -0.147. The summed E-state index contributed by atoms with van der Waals surface area (Å²) in [6.07, 6.45) is 0.842. The molecular formula is C10H17N3O3. The maximum Gasteiger partial charge on any atom is 0.305 e. The minimum atomic E-state index is -1.03. The smallest absolute Gasteiger partial charge is 0.305 e. The molecule has 3 aliphatic heterocycles. The lowest BCUT2D eigenvalue weighted by Gasteiger charge is -2.55. The van der Waals surface area contributed by atoms with E-state index in [-0.39, 0.29) is 12.3 Å². The Kier molecular flexibility index (Phi) is 2.86. The molecule has 6 heteroatoms. The van der Waals surface area contributed by atoms with Gasteiger partial charge in [-0.05, 0) is 13.5 Å². The highest BCUT2D eigenvalue weighted by atomic mass is 16.4. The first-order valence-electron chi connectivity index (χ1n) is 5.47. The molecule has 0 aromatic rings. The van der Waals surface area contributed by atoms with E-state index >= 15 is 0 Å². The highest BCUT2D eigenvalue weighted by Crippen LogP contribution is 2.30. The number of nitrogens with two attached hydrogens (primary N) is 1. The Morgan fingerprint density at radius 2 is 2.00 bits per heavy atom. The molecule has 2 bridgehead atoms. The quantitative estimate of drug-likeness (QED) is 0.626. The van der Waals surface area contributed by atoms with E-state index in [0.717, 1.165) is 6.42 Å². The van der Waals surface area contributed by atoms with Crippen molar-refractivity contribution in [2.24, 2.45) is 5.73 Å². The predicted molar refractivity (Wildman–Crippen MR) is 56.8 cm³/mol. The molecule has 3 aliphatic rings. The van der Waals surface area contributed by atoms with Crippen molar-refractivity contribution >= 4 is 11.9 Å². The number of fused-ring (bicyclic) bond motifs is 2. The molecule has 3 heterocycles. The lowest BCUT2D eigenvalue weighted by atomic mass is 9.88. The van der Waals surface area contributed by atoms with Crippen LogP contribution in [-0.2, 0) is 9.59 Å². The molecule has 1 amide bonds. The molecule has 0 aromatic heterocycles. The Balaban J connectivity index is 1.89. The van der Waals surface area contributed by atoms with E-state index in [1.54, 1.807) is 4.90 Å². The number of piperazine rings is 1. The number of carboxylic acids is 1. The Morgan fingerprint density at radius 1 is 1.44 bits per heavy atom. The van der Waals surface area contributed by atoms with Crippen LogP contribution in [0.4, 0.5) is 0 Å². The van der Waals surface area contributed by atoms with Crippen LogP contribution in [-0.4, -0.2) is 65.0 Å². The summed E-state index contributed by atoms with van der Waals surface area (Å²) >= 11 is 0. The molecule has 3 N–H and O–H groups in total. The molecule has 3 fully saturated rings. The van der Waals surface area contributed by atoms with Crippen molar-refractivity contribution in [2.75, 3.05) is 20.1 Å². The van der Waals surface area contributed by atoms with E-state index in [1.165, 1.54) is 0 Å². The molecule has 0 saturated carbocycles. The number of aliphatic carboxylic acids is 1. The second-order valence-electron chi connectivity index (χ2n) is 4.66. The van der Waals surface area contributed by atoms with E-state index in [1.807, 2.05) is 0 Å². The summed E-state index contributed by atoms with van der Waals surface area (Å²) in [6.45, 7) is 1.36. The first kappa shape index (κ1) is 11.3. The van der Waals surface area contributed by atoms with Crippen LogP contribution >= 0.6 is 0 Å². The number of carbonyl (C=O) groups is 2. The number of rotatable bonds is 3. The molecule has 3 unspecified atom stereocenters. The third kappa shape index (κ3) is 1.90. The van der Waals surface area contributed by atoms with Crippen LogP contribution in [0.15, 0.2) is 0 Å². The first-order chi connectivity index (χ1) is 7.49. The Morgan fingerprint density at radius 3 is 2.44 bits per heavy atom. The third-order valence-corrected chi connectivity index (χ3v) is 3.58. The highest BCUT2D eigenvalue weighted by Gasteiger charge is 2.44. The molecule has 0 radical (unpaired) electrons. The fraction of sp³-hybridized carbons (Fsp3) is 0.800. The minimum absolute atomic E-state index is 0.231.